The number of aromatic nitrogens is 2. The lowest BCUT2D eigenvalue weighted by Crippen LogP contribution is -2.46. The van der Waals surface area contributed by atoms with E-state index in [1.54, 1.807) is 0 Å². The average molecular weight is 337 g/mol. The highest BCUT2D eigenvalue weighted by Gasteiger charge is 2.31. The third kappa shape index (κ3) is 3.73. The Balaban J connectivity index is 1.30. The van der Waals surface area contributed by atoms with E-state index in [0.717, 1.165) is 44.4 Å². The van der Waals surface area contributed by atoms with E-state index in [9.17, 15) is 0 Å². The molecule has 0 unspecified atom stereocenters. The summed E-state index contributed by atoms with van der Waals surface area (Å²) in [6.07, 6.45) is 2.39. The van der Waals surface area contributed by atoms with Gasteiger partial charge in [0.1, 0.15) is 0 Å². The molecule has 4 rings (SSSR count). The molecule has 1 aliphatic carbocycles. The summed E-state index contributed by atoms with van der Waals surface area (Å²) in [6, 6.07) is 10.2. The molecule has 0 radical (unpaired) electrons. The van der Waals surface area contributed by atoms with Crippen LogP contribution in [0.2, 0.25) is 0 Å². The monoisotopic (exact) mass is 337 g/mol. The fraction of sp³-hybridized carbons (Fsp3) is 0.526. The predicted octanol–water partition coefficient (Wildman–Crippen LogP) is 2.70. The average Bonchev–Trinajstić information content (AvgIpc) is 3.39. The molecule has 1 saturated heterocycles. The van der Waals surface area contributed by atoms with Crippen LogP contribution < -0.4 is 0 Å². The standard InChI is InChI=1S/C19H23N5O/c1-14(19-21-18(22-25-19)17-6-7-17)24-10-8-23(9-11-24)13-16-4-2-15(12-20)3-5-16/h2-5,14,17H,6-11,13H2,1H3/t14-/m1/s1. The van der Waals surface area contributed by atoms with Gasteiger partial charge in [-0.2, -0.15) is 10.2 Å². The summed E-state index contributed by atoms with van der Waals surface area (Å²) in [4.78, 5) is 9.46. The summed E-state index contributed by atoms with van der Waals surface area (Å²) in [6.45, 7) is 7.12. The van der Waals surface area contributed by atoms with Crippen LogP contribution in [0.5, 0.6) is 0 Å². The second-order valence-corrected chi connectivity index (χ2v) is 7.06. The number of nitrogens with zero attached hydrogens (tertiary/aromatic N) is 5. The van der Waals surface area contributed by atoms with E-state index in [1.165, 1.54) is 18.4 Å². The van der Waals surface area contributed by atoms with Crippen LogP contribution in [0.25, 0.3) is 0 Å². The molecule has 0 spiro atoms. The van der Waals surface area contributed by atoms with Gasteiger partial charge in [-0.3, -0.25) is 9.80 Å². The maximum Gasteiger partial charge on any atom is 0.243 e. The lowest BCUT2D eigenvalue weighted by Gasteiger charge is -2.36. The second-order valence-electron chi connectivity index (χ2n) is 7.06. The lowest BCUT2D eigenvalue weighted by molar-refractivity contribution is 0.0845. The third-order valence-corrected chi connectivity index (χ3v) is 5.20. The van der Waals surface area contributed by atoms with Crippen molar-refractivity contribution >= 4 is 0 Å². The molecule has 2 aliphatic rings. The van der Waals surface area contributed by atoms with Crippen LogP contribution >= 0.6 is 0 Å². The fourth-order valence-corrected chi connectivity index (χ4v) is 3.33. The van der Waals surface area contributed by atoms with Crippen molar-refractivity contribution in [3.8, 4) is 6.07 Å². The van der Waals surface area contributed by atoms with E-state index in [1.807, 2.05) is 24.3 Å². The summed E-state index contributed by atoms with van der Waals surface area (Å²) < 4.78 is 5.48. The van der Waals surface area contributed by atoms with Crippen LogP contribution in [0, 0.1) is 11.3 Å². The van der Waals surface area contributed by atoms with E-state index in [0.29, 0.717) is 11.5 Å². The molecule has 0 N–H and O–H groups in total. The Morgan fingerprint density at radius 2 is 1.92 bits per heavy atom. The van der Waals surface area contributed by atoms with Crippen molar-refractivity contribution < 1.29 is 4.52 Å². The minimum absolute atomic E-state index is 0.178. The molecule has 2 aromatic rings. The van der Waals surface area contributed by atoms with Crippen LogP contribution in [0.1, 0.15) is 54.6 Å². The molecule has 2 fully saturated rings. The number of benzene rings is 1. The zero-order valence-electron chi connectivity index (χ0n) is 14.6. The summed E-state index contributed by atoms with van der Waals surface area (Å²) in [7, 11) is 0. The van der Waals surface area contributed by atoms with Gasteiger partial charge in [0, 0.05) is 38.6 Å². The number of hydrogen-bond donors (Lipinski definition) is 0. The maximum absolute atomic E-state index is 8.88. The maximum atomic E-state index is 8.88. The topological polar surface area (TPSA) is 69.2 Å². The first-order valence-corrected chi connectivity index (χ1v) is 9.02. The summed E-state index contributed by atoms with van der Waals surface area (Å²) in [5.41, 5.74) is 1.97. The highest BCUT2D eigenvalue weighted by Crippen LogP contribution is 2.38. The van der Waals surface area contributed by atoms with Crippen molar-refractivity contribution in [3.63, 3.8) is 0 Å². The number of rotatable bonds is 5. The van der Waals surface area contributed by atoms with Gasteiger partial charge in [0.15, 0.2) is 5.82 Å². The Bertz CT molecular complexity index is 751. The van der Waals surface area contributed by atoms with Gasteiger partial charge in [-0.1, -0.05) is 17.3 Å². The van der Waals surface area contributed by atoms with Crippen molar-refractivity contribution in [2.45, 2.75) is 38.3 Å². The second kappa shape index (κ2) is 6.95. The summed E-state index contributed by atoms with van der Waals surface area (Å²) in [5, 5.41) is 13.0. The first-order chi connectivity index (χ1) is 12.2. The Hall–Kier alpha value is -2.23. The summed E-state index contributed by atoms with van der Waals surface area (Å²) in [5.74, 6) is 2.18. The van der Waals surface area contributed by atoms with Crippen molar-refractivity contribution in [1.29, 1.82) is 5.26 Å². The molecule has 130 valence electrons. The molecule has 0 bridgehead atoms. The molecule has 1 aliphatic heterocycles. The van der Waals surface area contributed by atoms with Crippen molar-refractivity contribution in [3.05, 3.63) is 47.1 Å². The van der Waals surface area contributed by atoms with Gasteiger partial charge < -0.3 is 4.52 Å². The Morgan fingerprint density at radius 1 is 1.20 bits per heavy atom. The Kier molecular flexibility index (Phi) is 4.51. The molecule has 1 saturated carbocycles. The van der Waals surface area contributed by atoms with Gasteiger partial charge in [-0.05, 0) is 37.5 Å². The van der Waals surface area contributed by atoms with E-state index in [4.69, 9.17) is 9.78 Å². The van der Waals surface area contributed by atoms with Crippen LogP contribution in [0.15, 0.2) is 28.8 Å². The van der Waals surface area contributed by atoms with Crippen molar-refractivity contribution in [2.24, 2.45) is 0 Å². The van der Waals surface area contributed by atoms with E-state index < -0.39 is 0 Å². The van der Waals surface area contributed by atoms with Crippen LogP contribution in [-0.2, 0) is 6.54 Å². The Morgan fingerprint density at radius 3 is 2.56 bits per heavy atom. The van der Waals surface area contributed by atoms with Gasteiger partial charge in [-0.25, -0.2) is 0 Å². The smallest absolute Gasteiger partial charge is 0.243 e. The molecule has 6 nitrogen and oxygen atoms in total. The minimum atomic E-state index is 0.178. The van der Waals surface area contributed by atoms with Gasteiger partial charge in [0.25, 0.3) is 0 Å². The molecule has 1 aromatic heterocycles. The van der Waals surface area contributed by atoms with Crippen molar-refractivity contribution in [1.82, 2.24) is 19.9 Å². The number of nitriles is 1. The quantitative estimate of drug-likeness (QED) is 0.835. The first kappa shape index (κ1) is 16.2. The van der Waals surface area contributed by atoms with E-state index in [2.05, 4.69) is 32.9 Å². The number of piperazine rings is 1. The molecule has 2 heterocycles. The van der Waals surface area contributed by atoms with E-state index in [-0.39, 0.29) is 6.04 Å². The Labute approximate surface area is 148 Å². The van der Waals surface area contributed by atoms with Crippen LogP contribution in [-0.4, -0.2) is 46.1 Å². The lowest BCUT2D eigenvalue weighted by atomic mass is 10.1. The van der Waals surface area contributed by atoms with Gasteiger partial charge in [0.05, 0.1) is 17.7 Å². The molecule has 6 heteroatoms. The fourth-order valence-electron chi connectivity index (χ4n) is 3.33. The van der Waals surface area contributed by atoms with Crippen LogP contribution in [0.4, 0.5) is 0 Å². The zero-order chi connectivity index (χ0) is 17.2. The zero-order valence-corrected chi connectivity index (χ0v) is 14.6. The molecule has 1 aromatic carbocycles. The molecule has 25 heavy (non-hydrogen) atoms. The van der Waals surface area contributed by atoms with Gasteiger partial charge >= 0.3 is 0 Å². The number of hydrogen-bond acceptors (Lipinski definition) is 6. The minimum Gasteiger partial charge on any atom is -0.338 e. The molecule has 0 amide bonds. The van der Waals surface area contributed by atoms with Crippen LogP contribution in [0.3, 0.4) is 0 Å². The molecular weight excluding hydrogens is 314 g/mol. The van der Waals surface area contributed by atoms with Gasteiger partial charge in [0.2, 0.25) is 5.89 Å². The molecular formula is C19H23N5O. The van der Waals surface area contributed by atoms with E-state index >= 15 is 0 Å². The first-order valence-electron chi connectivity index (χ1n) is 9.02. The highest BCUT2D eigenvalue weighted by atomic mass is 16.5. The predicted molar refractivity (Wildman–Crippen MR) is 92.7 cm³/mol. The largest absolute Gasteiger partial charge is 0.338 e. The normalized spacial score (nSPS) is 20.3. The third-order valence-electron chi connectivity index (χ3n) is 5.20. The highest BCUT2D eigenvalue weighted by molar-refractivity contribution is 5.31. The SMILES string of the molecule is C[C@H](c1nc(C2CC2)no1)N1CCN(Cc2ccc(C#N)cc2)CC1. The van der Waals surface area contributed by atoms with Crippen molar-refractivity contribution in [2.75, 3.05) is 26.2 Å². The molecule has 1 atom stereocenters. The summed E-state index contributed by atoms with van der Waals surface area (Å²) >= 11 is 0. The van der Waals surface area contributed by atoms with Gasteiger partial charge in [-0.15, -0.1) is 0 Å².